The molecule has 0 saturated heterocycles. The van der Waals surface area contributed by atoms with E-state index in [2.05, 4.69) is 12.2 Å². The van der Waals surface area contributed by atoms with Crippen LogP contribution in [0.5, 0.6) is 5.75 Å². The molecule has 4 heteroatoms. The van der Waals surface area contributed by atoms with Crippen LogP contribution in [-0.4, -0.2) is 29.8 Å². The third-order valence-electron chi connectivity index (χ3n) is 3.93. The van der Waals surface area contributed by atoms with Crippen LogP contribution >= 0.6 is 0 Å². The van der Waals surface area contributed by atoms with Gasteiger partial charge in [-0.25, -0.2) is 0 Å². The van der Waals surface area contributed by atoms with Crippen molar-refractivity contribution >= 4 is 5.91 Å². The number of rotatable bonds is 5. The summed E-state index contributed by atoms with van der Waals surface area (Å²) < 4.78 is 5.36. The molecular formula is C16H23NO3. The van der Waals surface area contributed by atoms with Gasteiger partial charge in [0.2, 0.25) is 0 Å². The predicted molar refractivity (Wildman–Crippen MR) is 77.5 cm³/mol. The number of ether oxygens (including phenoxy) is 1. The zero-order valence-electron chi connectivity index (χ0n) is 12.0. The summed E-state index contributed by atoms with van der Waals surface area (Å²) in [5.41, 5.74) is -0.741. The summed E-state index contributed by atoms with van der Waals surface area (Å²) in [5.74, 6) is 1.15. The van der Waals surface area contributed by atoms with Crippen molar-refractivity contribution < 1.29 is 14.6 Å². The van der Waals surface area contributed by atoms with Gasteiger partial charge in [0, 0.05) is 6.54 Å². The monoisotopic (exact) mass is 277 g/mol. The summed E-state index contributed by atoms with van der Waals surface area (Å²) >= 11 is 0. The zero-order chi connectivity index (χ0) is 14.4. The molecule has 0 atom stereocenters. The maximum atomic E-state index is 11.7. The third kappa shape index (κ3) is 4.53. The van der Waals surface area contributed by atoms with E-state index in [4.69, 9.17) is 4.74 Å². The van der Waals surface area contributed by atoms with Crippen molar-refractivity contribution in [2.24, 2.45) is 5.92 Å². The molecule has 1 aromatic rings. The first-order valence-electron chi connectivity index (χ1n) is 7.24. The molecule has 0 heterocycles. The highest BCUT2D eigenvalue weighted by atomic mass is 16.5. The number of hydrogen-bond donors (Lipinski definition) is 2. The van der Waals surface area contributed by atoms with Crippen LogP contribution in [0.3, 0.4) is 0 Å². The Morgan fingerprint density at radius 2 is 2.00 bits per heavy atom. The number of para-hydroxylation sites is 1. The highest BCUT2D eigenvalue weighted by molar-refractivity contribution is 5.77. The molecule has 0 bridgehead atoms. The lowest BCUT2D eigenvalue weighted by molar-refractivity contribution is -0.124. The quantitative estimate of drug-likeness (QED) is 0.866. The maximum absolute atomic E-state index is 11.7. The molecule has 0 aliphatic heterocycles. The minimum Gasteiger partial charge on any atom is -0.484 e. The standard InChI is InChI=1S/C16H23NO3/c1-13-7-9-16(19,10-8-13)12-17-15(18)11-20-14-5-3-2-4-6-14/h2-6,13,19H,7-12H2,1H3,(H,17,18). The molecule has 0 aromatic heterocycles. The van der Waals surface area contributed by atoms with E-state index in [0.29, 0.717) is 18.2 Å². The molecule has 2 rings (SSSR count). The Morgan fingerprint density at radius 3 is 2.65 bits per heavy atom. The fourth-order valence-electron chi connectivity index (χ4n) is 2.46. The fourth-order valence-corrected chi connectivity index (χ4v) is 2.46. The molecule has 1 saturated carbocycles. The highest BCUT2D eigenvalue weighted by Gasteiger charge is 2.31. The van der Waals surface area contributed by atoms with E-state index in [-0.39, 0.29) is 12.5 Å². The Hall–Kier alpha value is -1.55. The van der Waals surface area contributed by atoms with Crippen molar-refractivity contribution in [3.05, 3.63) is 30.3 Å². The second kappa shape index (κ2) is 6.75. The predicted octanol–water partition coefficient (Wildman–Crippen LogP) is 2.12. The van der Waals surface area contributed by atoms with Crippen molar-refractivity contribution in [3.63, 3.8) is 0 Å². The third-order valence-corrected chi connectivity index (χ3v) is 3.93. The van der Waals surface area contributed by atoms with E-state index in [1.807, 2.05) is 30.3 Å². The van der Waals surface area contributed by atoms with Crippen LogP contribution in [0.25, 0.3) is 0 Å². The van der Waals surface area contributed by atoms with Crippen molar-refractivity contribution in [2.45, 2.75) is 38.2 Å². The number of nitrogens with one attached hydrogen (secondary N) is 1. The van der Waals surface area contributed by atoms with Gasteiger partial charge in [0.15, 0.2) is 6.61 Å². The zero-order valence-corrected chi connectivity index (χ0v) is 12.0. The normalized spacial score (nSPS) is 26.0. The molecule has 1 amide bonds. The van der Waals surface area contributed by atoms with Crippen molar-refractivity contribution in [1.29, 1.82) is 0 Å². The SMILES string of the molecule is CC1CCC(O)(CNC(=O)COc2ccccc2)CC1. The Kier molecular flexibility index (Phi) is 5.01. The Balaban J connectivity index is 1.70. The smallest absolute Gasteiger partial charge is 0.258 e. The Morgan fingerprint density at radius 1 is 1.35 bits per heavy atom. The molecular weight excluding hydrogens is 254 g/mol. The van der Waals surface area contributed by atoms with Gasteiger partial charge in [0.1, 0.15) is 5.75 Å². The van der Waals surface area contributed by atoms with Gasteiger partial charge >= 0.3 is 0 Å². The number of carbonyl (C=O) groups excluding carboxylic acids is 1. The average Bonchev–Trinajstić information content (AvgIpc) is 2.48. The van der Waals surface area contributed by atoms with Crippen LogP contribution in [0.2, 0.25) is 0 Å². The van der Waals surface area contributed by atoms with Crippen molar-refractivity contribution in [1.82, 2.24) is 5.32 Å². The van der Waals surface area contributed by atoms with Gasteiger partial charge in [-0.15, -0.1) is 0 Å². The van der Waals surface area contributed by atoms with Crippen LogP contribution in [0.4, 0.5) is 0 Å². The highest BCUT2D eigenvalue weighted by Crippen LogP contribution is 2.31. The van der Waals surface area contributed by atoms with Gasteiger partial charge in [-0.3, -0.25) is 4.79 Å². The number of aliphatic hydroxyl groups is 1. The lowest BCUT2D eigenvalue weighted by Crippen LogP contribution is -2.46. The maximum Gasteiger partial charge on any atom is 0.258 e. The van der Waals surface area contributed by atoms with Gasteiger partial charge < -0.3 is 15.2 Å². The van der Waals surface area contributed by atoms with Crippen LogP contribution in [0, 0.1) is 5.92 Å². The van der Waals surface area contributed by atoms with Gasteiger partial charge in [0.25, 0.3) is 5.91 Å². The lowest BCUT2D eigenvalue weighted by atomic mass is 9.79. The average molecular weight is 277 g/mol. The van der Waals surface area contributed by atoms with Gasteiger partial charge in [-0.1, -0.05) is 25.1 Å². The Bertz CT molecular complexity index is 425. The molecule has 1 aromatic carbocycles. The van der Waals surface area contributed by atoms with Gasteiger partial charge in [-0.2, -0.15) is 0 Å². The van der Waals surface area contributed by atoms with E-state index in [1.54, 1.807) is 0 Å². The fraction of sp³-hybridized carbons (Fsp3) is 0.562. The molecule has 20 heavy (non-hydrogen) atoms. The molecule has 1 aliphatic carbocycles. The summed E-state index contributed by atoms with van der Waals surface area (Å²) in [7, 11) is 0. The summed E-state index contributed by atoms with van der Waals surface area (Å²) in [5, 5.41) is 13.1. The summed E-state index contributed by atoms with van der Waals surface area (Å²) in [6, 6.07) is 9.23. The lowest BCUT2D eigenvalue weighted by Gasteiger charge is -2.34. The molecule has 1 aliphatic rings. The minimum absolute atomic E-state index is 0.0174. The van der Waals surface area contributed by atoms with E-state index < -0.39 is 5.60 Å². The molecule has 0 unspecified atom stereocenters. The largest absolute Gasteiger partial charge is 0.484 e. The first-order valence-corrected chi connectivity index (χ1v) is 7.24. The van der Waals surface area contributed by atoms with E-state index in [9.17, 15) is 9.90 Å². The topological polar surface area (TPSA) is 58.6 Å². The summed E-state index contributed by atoms with van der Waals surface area (Å²) in [6.07, 6.45) is 3.56. The molecule has 2 N–H and O–H groups in total. The van der Waals surface area contributed by atoms with Crippen LogP contribution in [0.15, 0.2) is 30.3 Å². The van der Waals surface area contributed by atoms with E-state index >= 15 is 0 Å². The van der Waals surface area contributed by atoms with Crippen LogP contribution in [-0.2, 0) is 4.79 Å². The number of carbonyl (C=O) groups is 1. The van der Waals surface area contributed by atoms with Gasteiger partial charge in [0.05, 0.1) is 5.60 Å². The molecule has 1 fully saturated rings. The number of amides is 1. The van der Waals surface area contributed by atoms with Crippen LogP contribution < -0.4 is 10.1 Å². The summed E-state index contributed by atoms with van der Waals surface area (Å²) in [6.45, 7) is 2.50. The van der Waals surface area contributed by atoms with Crippen molar-refractivity contribution in [2.75, 3.05) is 13.2 Å². The van der Waals surface area contributed by atoms with E-state index in [1.165, 1.54) is 0 Å². The summed E-state index contributed by atoms with van der Waals surface area (Å²) in [4.78, 5) is 11.7. The van der Waals surface area contributed by atoms with Crippen molar-refractivity contribution in [3.8, 4) is 5.75 Å². The minimum atomic E-state index is -0.741. The number of benzene rings is 1. The Labute approximate surface area is 120 Å². The first-order chi connectivity index (χ1) is 9.57. The molecule has 110 valence electrons. The first kappa shape index (κ1) is 14.9. The second-order valence-corrected chi connectivity index (χ2v) is 5.79. The number of hydrogen-bond acceptors (Lipinski definition) is 3. The van der Waals surface area contributed by atoms with Crippen LogP contribution in [0.1, 0.15) is 32.6 Å². The molecule has 4 nitrogen and oxygen atoms in total. The van der Waals surface area contributed by atoms with Gasteiger partial charge in [-0.05, 0) is 43.7 Å². The van der Waals surface area contributed by atoms with E-state index in [0.717, 1.165) is 25.7 Å². The molecule has 0 radical (unpaired) electrons. The second-order valence-electron chi connectivity index (χ2n) is 5.79. The molecule has 0 spiro atoms.